The molecule has 6 nitrogen and oxygen atoms in total. The lowest BCUT2D eigenvalue weighted by atomic mass is 10.2. The van der Waals surface area contributed by atoms with Gasteiger partial charge in [-0.05, 0) is 26.2 Å². The second kappa shape index (κ2) is 6.85. The predicted octanol–water partition coefficient (Wildman–Crippen LogP) is 2.18. The molecule has 1 aliphatic rings. The van der Waals surface area contributed by atoms with Crippen LogP contribution in [0.2, 0.25) is 0 Å². The van der Waals surface area contributed by atoms with Gasteiger partial charge in [-0.3, -0.25) is 0 Å². The summed E-state index contributed by atoms with van der Waals surface area (Å²) in [6.07, 6.45) is 3.74. The first-order chi connectivity index (χ1) is 9.61. The van der Waals surface area contributed by atoms with Gasteiger partial charge in [-0.25, -0.2) is 15.8 Å². The van der Waals surface area contributed by atoms with E-state index in [0.29, 0.717) is 11.9 Å². The average molecular weight is 279 g/mol. The van der Waals surface area contributed by atoms with Crippen molar-refractivity contribution < 1.29 is 4.74 Å². The monoisotopic (exact) mass is 279 g/mol. The van der Waals surface area contributed by atoms with Crippen molar-refractivity contribution in [2.45, 2.75) is 52.1 Å². The van der Waals surface area contributed by atoms with Gasteiger partial charge in [0.15, 0.2) is 0 Å². The quantitative estimate of drug-likeness (QED) is 0.546. The number of hydrogen-bond donors (Lipinski definition) is 3. The molecule has 1 aliphatic heterocycles. The van der Waals surface area contributed by atoms with Crippen molar-refractivity contribution in [1.29, 1.82) is 0 Å². The lowest BCUT2D eigenvalue weighted by molar-refractivity contribution is 0.107. The lowest BCUT2D eigenvalue weighted by Crippen LogP contribution is -2.17. The first kappa shape index (κ1) is 15.0. The van der Waals surface area contributed by atoms with Crippen molar-refractivity contribution in [2.75, 3.05) is 23.9 Å². The topological polar surface area (TPSA) is 85.1 Å². The van der Waals surface area contributed by atoms with E-state index in [1.807, 2.05) is 6.92 Å². The molecule has 0 aromatic carbocycles. The molecule has 20 heavy (non-hydrogen) atoms. The van der Waals surface area contributed by atoms with Gasteiger partial charge in [0, 0.05) is 24.6 Å². The number of ether oxygens (including phenoxy) is 1. The number of nitrogens with zero attached hydrogens (tertiary/aromatic N) is 2. The molecule has 1 unspecified atom stereocenters. The SMILES string of the molecule is Cc1c(NN)nc(C(C)C)nc1NCCC1CCCO1. The largest absolute Gasteiger partial charge is 0.378 e. The van der Waals surface area contributed by atoms with Crippen LogP contribution in [0.25, 0.3) is 0 Å². The molecule has 0 bridgehead atoms. The number of nitrogens with two attached hydrogens (primary N) is 1. The summed E-state index contributed by atoms with van der Waals surface area (Å²) in [5, 5.41) is 3.38. The molecular weight excluding hydrogens is 254 g/mol. The predicted molar refractivity (Wildman–Crippen MR) is 80.7 cm³/mol. The van der Waals surface area contributed by atoms with Crippen molar-refractivity contribution in [1.82, 2.24) is 9.97 Å². The zero-order valence-corrected chi connectivity index (χ0v) is 12.6. The molecule has 1 saturated heterocycles. The Kier molecular flexibility index (Phi) is 5.14. The molecule has 1 aromatic heterocycles. The van der Waals surface area contributed by atoms with Gasteiger partial charge in [0.2, 0.25) is 0 Å². The van der Waals surface area contributed by atoms with Crippen molar-refractivity contribution >= 4 is 11.6 Å². The molecule has 112 valence electrons. The van der Waals surface area contributed by atoms with Crippen LogP contribution in [0, 0.1) is 6.92 Å². The Morgan fingerprint density at radius 2 is 2.10 bits per heavy atom. The molecule has 1 aromatic rings. The van der Waals surface area contributed by atoms with Gasteiger partial charge in [-0.1, -0.05) is 13.8 Å². The minimum Gasteiger partial charge on any atom is -0.378 e. The fraction of sp³-hybridized carbons (Fsp3) is 0.714. The van der Waals surface area contributed by atoms with Crippen molar-refractivity contribution in [3.05, 3.63) is 11.4 Å². The van der Waals surface area contributed by atoms with Crippen LogP contribution < -0.4 is 16.6 Å². The molecule has 2 heterocycles. The van der Waals surface area contributed by atoms with Crippen LogP contribution in [0.1, 0.15) is 50.4 Å². The summed E-state index contributed by atoms with van der Waals surface area (Å²) in [7, 11) is 0. The minimum absolute atomic E-state index is 0.265. The van der Waals surface area contributed by atoms with E-state index in [-0.39, 0.29) is 5.92 Å². The molecule has 0 spiro atoms. The normalized spacial score (nSPS) is 18.6. The number of nitrogen functional groups attached to an aromatic ring is 1. The Balaban J connectivity index is 2.03. The zero-order valence-electron chi connectivity index (χ0n) is 12.6. The first-order valence-corrected chi connectivity index (χ1v) is 7.32. The van der Waals surface area contributed by atoms with Crippen LogP contribution >= 0.6 is 0 Å². The third kappa shape index (κ3) is 3.58. The molecule has 4 N–H and O–H groups in total. The van der Waals surface area contributed by atoms with Crippen LogP contribution in [0.4, 0.5) is 11.6 Å². The zero-order chi connectivity index (χ0) is 14.5. The average Bonchev–Trinajstić information content (AvgIpc) is 2.93. The first-order valence-electron chi connectivity index (χ1n) is 7.32. The highest BCUT2D eigenvalue weighted by Gasteiger charge is 2.16. The van der Waals surface area contributed by atoms with Crippen molar-refractivity contribution in [3.8, 4) is 0 Å². The number of anilines is 2. The fourth-order valence-corrected chi connectivity index (χ4v) is 2.33. The lowest BCUT2D eigenvalue weighted by Gasteiger charge is -2.16. The minimum atomic E-state index is 0.265. The standard InChI is InChI=1S/C14H25N5O/c1-9(2)12-17-13(10(3)14(18-12)19-15)16-7-6-11-5-4-8-20-11/h9,11H,4-8,15H2,1-3H3,(H2,16,17,18,19). The van der Waals surface area contributed by atoms with E-state index in [1.54, 1.807) is 0 Å². The maximum Gasteiger partial charge on any atom is 0.148 e. The summed E-state index contributed by atoms with van der Waals surface area (Å²) in [6.45, 7) is 7.86. The molecule has 0 saturated carbocycles. The van der Waals surface area contributed by atoms with Gasteiger partial charge in [0.1, 0.15) is 17.5 Å². The maximum absolute atomic E-state index is 5.62. The second-order valence-electron chi connectivity index (χ2n) is 5.55. The van der Waals surface area contributed by atoms with E-state index < -0.39 is 0 Å². The van der Waals surface area contributed by atoms with E-state index in [1.165, 1.54) is 6.42 Å². The number of rotatable bonds is 6. The molecule has 6 heteroatoms. The van der Waals surface area contributed by atoms with E-state index in [4.69, 9.17) is 10.6 Å². The molecule has 1 fully saturated rings. The highest BCUT2D eigenvalue weighted by Crippen LogP contribution is 2.23. The van der Waals surface area contributed by atoms with Crippen LogP contribution in [0.5, 0.6) is 0 Å². The fourth-order valence-electron chi connectivity index (χ4n) is 2.33. The number of nitrogens with one attached hydrogen (secondary N) is 2. The van der Waals surface area contributed by atoms with Crippen molar-refractivity contribution in [2.24, 2.45) is 5.84 Å². The number of hydrazine groups is 1. The van der Waals surface area contributed by atoms with Crippen LogP contribution in [0.15, 0.2) is 0 Å². The summed E-state index contributed by atoms with van der Waals surface area (Å²) in [6, 6.07) is 0. The van der Waals surface area contributed by atoms with Gasteiger partial charge in [0.05, 0.1) is 6.10 Å². The Labute approximate surface area is 120 Å². The third-order valence-electron chi connectivity index (χ3n) is 3.60. The highest BCUT2D eigenvalue weighted by molar-refractivity contribution is 5.56. The maximum atomic E-state index is 5.62. The third-order valence-corrected chi connectivity index (χ3v) is 3.60. The molecule has 1 atom stereocenters. The van der Waals surface area contributed by atoms with E-state index in [2.05, 4.69) is 34.6 Å². The van der Waals surface area contributed by atoms with Gasteiger partial charge < -0.3 is 15.5 Å². The van der Waals surface area contributed by atoms with Crippen LogP contribution in [-0.4, -0.2) is 29.2 Å². The number of aromatic nitrogens is 2. The van der Waals surface area contributed by atoms with Gasteiger partial charge in [-0.15, -0.1) is 0 Å². The van der Waals surface area contributed by atoms with E-state index in [9.17, 15) is 0 Å². The van der Waals surface area contributed by atoms with E-state index >= 15 is 0 Å². The summed E-state index contributed by atoms with van der Waals surface area (Å²) < 4.78 is 5.62. The Hall–Kier alpha value is -1.40. The number of hydrogen-bond acceptors (Lipinski definition) is 6. The molecular formula is C14H25N5O. The second-order valence-corrected chi connectivity index (χ2v) is 5.55. The Bertz CT molecular complexity index is 443. The van der Waals surface area contributed by atoms with Crippen LogP contribution in [-0.2, 0) is 4.74 Å². The molecule has 0 aliphatic carbocycles. The Morgan fingerprint density at radius 3 is 2.70 bits per heavy atom. The van der Waals surface area contributed by atoms with Gasteiger partial charge >= 0.3 is 0 Å². The smallest absolute Gasteiger partial charge is 0.148 e. The van der Waals surface area contributed by atoms with Gasteiger partial charge in [-0.2, -0.15) is 0 Å². The summed E-state index contributed by atoms with van der Waals surface area (Å²) in [5.41, 5.74) is 3.60. The summed E-state index contributed by atoms with van der Waals surface area (Å²) in [4.78, 5) is 9.01. The van der Waals surface area contributed by atoms with Crippen molar-refractivity contribution in [3.63, 3.8) is 0 Å². The Morgan fingerprint density at radius 1 is 1.35 bits per heavy atom. The van der Waals surface area contributed by atoms with Crippen LogP contribution in [0.3, 0.4) is 0 Å². The highest BCUT2D eigenvalue weighted by atomic mass is 16.5. The summed E-state index contributed by atoms with van der Waals surface area (Å²) >= 11 is 0. The summed E-state index contributed by atoms with van der Waals surface area (Å²) in [5.74, 6) is 8.13. The van der Waals surface area contributed by atoms with E-state index in [0.717, 1.165) is 43.2 Å². The van der Waals surface area contributed by atoms with Gasteiger partial charge in [0.25, 0.3) is 0 Å². The molecule has 0 radical (unpaired) electrons. The molecule has 2 rings (SSSR count). The molecule has 0 amide bonds.